The Balaban J connectivity index is 2.10. The van der Waals surface area contributed by atoms with Gasteiger partial charge in [-0.3, -0.25) is 4.84 Å². The summed E-state index contributed by atoms with van der Waals surface area (Å²) < 4.78 is 25.9. The number of nitrogens with zero attached hydrogens (tertiary/aromatic N) is 3. The van der Waals surface area contributed by atoms with Crippen LogP contribution in [0.1, 0.15) is 19.4 Å². The van der Waals surface area contributed by atoms with E-state index in [4.69, 9.17) is 16.3 Å². The molecule has 1 aliphatic rings. The first-order chi connectivity index (χ1) is 9.29. The molecule has 0 aliphatic carbocycles. The number of benzene rings is 1. The van der Waals surface area contributed by atoms with Gasteiger partial charge in [-0.2, -0.15) is 10.1 Å². The summed E-state index contributed by atoms with van der Waals surface area (Å²) in [5, 5.41) is 1.27. The van der Waals surface area contributed by atoms with Gasteiger partial charge in [-0.1, -0.05) is 6.07 Å². The molecule has 0 radical (unpaired) electrons. The maximum atomic E-state index is 13.1. The molecule has 4 N–H and O–H groups in total. The number of halogens is 2. The van der Waals surface area contributed by atoms with E-state index in [1.54, 1.807) is 13.8 Å². The number of hydroxylamine groups is 2. The van der Waals surface area contributed by atoms with Crippen LogP contribution in [0.4, 0.5) is 8.78 Å². The van der Waals surface area contributed by atoms with Crippen molar-refractivity contribution < 1.29 is 13.6 Å². The van der Waals surface area contributed by atoms with Crippen LogP contribution in [-0.2, 0) is 11.4 Å². The van der Waals surface area contributed by atoms with E-state index < -0.39 is 17.3 Å². The average Bonchev–Trinajstić information content (AvgIpc) is 2.31. The summed E-state index contributed by atoms with van der Waals surface area (Å²) in [5.41, 5.74) is 10.8. The first-order valence-corrected chi connectivity index (χ1v) is 5.86. The first kappa shape index (κ1) is 14.2. The smallest absolute Gasteiger partial charge is 0.226 e. The Bertz CT molecular complexity index is 585. The van der Waals surface area contributed by atoms with Crippen LogP contribution in [0.15, 0.2) is 28.2 Å². The number of guanidine groups is 2. The second-order valence-electron chi connectivity index (χ2n) is 4.75. The summed E-state index contributed by atoms with van der Waals surface area (Å²) in [4.78, 5) is 13.3. The Hall–Kier alpha value is -2.22. The molecule has 1 aromatic rings. The molecule has 1 aliphatic heterocycles. The fourth-order valence-corrected chi connectivity index (χ4v) is 1.79. The predicted molar refractivity (Wildman–Crippen MR) is 70.3 cm³/mol. The fourth-order valence-electron chi connectivity index (χ4n) is 1.79. The maximum Gasteiger partial charge on any atom is 0.226 e. The molecule has 0 bridgehead atoms. The molecule has 6 nitrogen and oxygen atoms in total. The molecule has 2 rings (SSSR count). The molecule has 0 fully saturated rings. The van der Waals surface area contributed by atoms with Crippen LogP contribution in [-0.4, -0.2) is 22.6 Å². The zero-order chi connectivity index (χ0) is 14.9. The van der Waals surface area contributed by atoms with Crippen LogP contribution in [0.25, 0.3) is 0 Å². The Morgan fingerprint density at radius 1 is 1.25 bits per heavy atom. The lowest BCUT2D eigenvalue weighted by molar-refractivity contribution is -0.166. The zero-order valence-corrected chi connectivity index (χ0v) is 11.1. The summed E-state index contributed by atoms with van der Waals surface area (Å²) >= 11 is 0. The summed E-state index contributed by atoms with van der Waals surface area (Å²) in [5.74, 6) is -1.75. The van der Waals surface area contributed by atoms with Crippen molar-refractivity contribution in [2.45, 2.75) is 26.1 Å². The fraction of sp³-hybridized carbons (Fsp3) is 0.333. The van der Waals surface area contributed by atoms with Crippen molar-refractivity contribution in [2.24, 2.45) is 21.5 Å². The van der Waals surface area contributed by atoms with E-state index in [9.17, 15) is 8.78 Å². The Morgan fingerprint density at radius 3 is 2.55 bits per heavy atom. The van der Waals surface area contributed by atoms with E-state index in [-0.39, 0.29) is 18.5 Å². The maximum absolute atomic E-state index is 13.1. The van der Waals surface area contributed by atoms with Crippen LogP contribution in [0.5, 0.6) is 0 Å². The van der Waals surface area contributed by atoms with Gasteiger partial charge in [-0.15, -0.1) is 0 Å². The molecule has 0 unspecified atom stereocenters. The van der Waals surface area contributed by atoms with Gasteiger partial charge < -0.3 is 11.5 Å². The van der Waals surface area contributed by atoms with E-state index in [1.807, 2.05) is 0 Å². The van der Waals surface area contributed by atoms with Gasteiger partial charge in [0.25, 0.3) is 0 Å². The van der Waals surface area contributed by atoms with Crippen LogP contribution in [0, 0.1) is 11.6 Å². The molecule has 0 saturated heterocycles. The lowest BCUT2D eigenvalue weighted by atomic mass is 10.2. The van der Waals surface area contributed by atoms with Crippen molar-refractivity contribution in [3.05, 3.63) is 35.4 Å². The van der Waals surface area contributed by atoms with Gasteiger partial charge in [-0.25, -0.2) is 13.8 Å². The number of aliphatic imine (C=N–C) groups is 2. The predicted octanol–water partition coefficient (Wildman–Crippen LogP) is 1.08. The van der Waals surface area contributed by atoms with Gasteiger partial charge in [0.05, 0.1) is 0 Å². The average molecular weight is 283 g/mol. The Morgan fingerprint density at radius 2 is 1.95 bits per heavy atom. The Labute approximate surface area is 114 Å². The standard InChI is InChI=1S/C12H15F2N5O/c1-12(2)18-10(15)17-11(16)19(12)20-6-7-3-4-8(13)9(14)5-7/h3-5H,6H2,1-2H3,(H4,15,16,17,18). The third-order valence-corrected chi connectivity index (χ3v) is 2.67. The molecule has 108 valence electrons. The van der Waals surface area contributed by atoms with Gasteiger partial charge in [0.15, 0.2) is 17.3 Å². The van der Waals surface area contributed by atoms with Gasteiger partial charge in [-0.05, 0) is 31.5 Å². The lowest BCUT2D eigenvalue weighted by Crippen LogP contribution is -2.53. The number of hydrogen-bond donors (Lipinski definition) is 2. The molecule has 1 heterocycles. The summed E-state index contributed by atoms with van der Waals surface area (Å²) in [6.07, 6.45) is 0. The number of nitrogens with two attached hydrogens (primary N) is 2. The van der Waals surface area contributed by atoms with Crippen molar-refractivity contribution in [1.82, 2.24) is 5.06 Å². The van der Waals surface area contributed by atoms with E-state index >= 15 is 0 Å². The molecule has 1 aromatic carbocycles. The minimum Gasteiger partial charge on any atom is -0.368 e. The SMILES string of the molecule is CC1(C)N=C(N)N=C(N)N1OCc1ccc(F)c(F)c1. The highest BCUT2D eigenvalue weighted by Gasteiger charge is 2.33. The van der Waals surface area contributed by atoms with Crippen LogP contribution in [0.3, 0.4) is 0 Å². The molecule has 0 amide bonds. The monoisotopic (exact) mass is 283 g/mol. The second-order valence-corrected chi connectivity index (χ2v) is 4.75. The number of hydrogen-bond acceptors (Lipinski definition) is 6. The van der Waals surface area contributed by atoms with Crippen LogP contribution in [0.2, 0.25) is 0 Å². The summed E-state index contributed by atoms with van der Waals surface area (Å²) in [6, 6.07) is 3.50. The van der Waals surface area contributed by atoms with E-state index in [1.165, 1.54) is 11.1 Å². The van der Waals surface area contributed by atoms with Crippen molar-refractivity contribution in [3.63, 3.8) is 0 Å². The third kappa shape index (κ3) is 2.85. The van der Waals surface area contributed by atoms with Crippen LogP contribution < -0.4 is 11.5 Å². The second kappa shape index (κ2) is 5.04. The van der Waals surface area contributed by atoms with Gasteiger partial charge in [0, 0.05) is 0 Å². The largest absolute Gasteiger partial charge is 0.368 e. The quantitative estimate of drug-likeness (QED) is 0.868. The topological polar surface area (TPSA) is 89.2 Å². The summed E-state index contributed by atoms with van der Waals surface area (Å²) in [6.45, 7) is 3.45. The zero-order valence-electron chi connectivity index (χ0n) is 11.1. The van der Waals surface area contributed by atoms with Crippen LogP contribution >= 0.6 is 0 Å². The summed E-state index contributed by atoms with van der Waals surface area (Å²) in [7, 11) is 0. The lowest BCUT2D eigenvalue weighted by Gasteiger charge is -2.36. The van der Waals surface area contributed by atoms with Crippen molar-refractivity contribution in [1.29, 1.82) is 0 Å². The molecular formula is C12H15F2N5O. The minimum atomic E-state index is -0.937. The van der Waals surface area contributed by atoms with Crippen molar-refractivity contribution >= 4 is 11.9 Å². The highest BCUT2D eigenvalue weighted by molar-refractivity contribution is 5.95. The molecule has 20 heavy (non-hydrogen) atoms. The molecule has 0 saturated carbocycles. The van der Waals surface area contributed by atoms with Gasteiger partial charge >= 0.3 is 0 Å². The molecule has 8 heteroatoms. The Kier molecular flexibility index (Phi) is 3.58. The molecular weight excluding hydrogens is 268 g/mol. The minimum absolute atomic E-state index is 0.00766. The van der Waals surface area contributed by atoms with Gasteiger partial charge in [0.1, 0.15) is 6.61 Å². The van der Waals surface area contributed by atoms with Gasteiger partial charge in [0.2, 0.25) is 11.9 Å². The first-order valence-electron chi connectivity index (χ1n) is 5.86. The molecule has 0 atom stereocenters. The van der Waals surface area contributed by atoms with E-state index in [0.717, 1.165) is 12.1 Å². The molecule has 0 aromatic heterocycles. The highest BCUT2D eigenvalue weighted by atomic mass is 19.2. The van der Waals surface area contributed by atoms with Crippen molar-refractivity contribution in [2.75, 3.05) is 0 Å². The molecule has 0 spiro atoms. The van der Waals surface area contributed by atoms with E-state index in [0.29, 0.717) is 5.56 Å². The normalized spacial score (nSPS) is 17.7. The van der Waals surface area contributed by atoms with Crippen molar-refractivity contribution in [3.8, 4) is 0 Å². The highest BCUT2D eigenvalue weighted by Crippen LogP contribution is 2.21. The van der Waals surface area contributed by atoms with E-state index in [2.05, 4.69) is 9.98 Å². The number of rotatable bonds is 3. The third-order valence-electron chi connectivity index (χ3n) is 2.67.